The first-order valence-corrected chi connectivity index (χ1v) is 5.42. The van der Waals surface area contributed by atoms with Gasteiger partial charge in [-0.15, -0.1) is 12.3 Å². The number of hydrogen-bond acceptors (Lipinski definition) is 4. The molecule has 0 aliphatic rings. The van der Waals surface area contributed by atoms with Crippen LogP contribution in [0.5, 0.6) is 0 Å². The van der Waals surface area contributed by atoms with E-state index in [1.807, 2.05) is 0 Å². The lowest BCUT2D eigenvalue weighted by Crippen LogP contribution is -2.10. The van der Waals surface area contributed by atoms with Crippen LogP contribution in [0.2, 0.25) is 0 Å². The van der Waals surface area contributed by atoms with Crippen LogP contribution in [0.3, 0.4) is 0 Å². The van der Waals surface area contributed by atoms with Crippen molar-refractivity contribution in [3.63, 3.8) is 0 Å². The van der Waals surface area contributed by atoms with E-state index < -0.39 is 17.0 Å². The third-order valence-corrected chi connectivity index (χ3v) is 2.35. The van der Waals surface area contributed by atoms with Gasteiger partial charge in [-0.2, -0.15) is 0 Å². The summed E-state index contributed by atoms with van der Waals surface area (Å²) >= 11 is 0. The van der Waals surface area contributed by atoms with Gasteiger partial charge in [-0.3, -0.25) is 14.9 Å². The fourth-order valence-electron chi connectivity index (χ4n) is 1.49. The Hall–Kier alpha value is -2.35. The van der Waals surface area contributed by atoms with Crippen LogP contribution < -0.4 is 0 Å². The van der Waals surface area contributed by atoms with Crippen LogP contribution in [-0.2, 0) is 9.53 Å². The molecule has 0 spiro atoms. The Balaban J connectivity index is 2.78. The molecule has 0 fully saturated rings. The Bertz CT molecular complexity index is 490. The lowest BCUT2D eigenvalue weighted by atomic mass is 10.1. The number of nitro benzene ring substituents is 1. The Morgan fingerprint density at radius 1 is 1.56 bits per heavy atom. The molecule has 18 heavy (non-hydrogen) atoms. The summed E-state index contributed by atoms with van der Waals surface area (Å²) in [5.41, 5.74) is 0.311. The van der Waals surface area contributed by atoms with Crippen molar-refractivity contribution in [3.8, 4) is 12.3 Å². The molecule has 0 aromatic heterocycles. The molecular weight excluding hydrogens is 234 g/mol. The van der Waals surface area contributed by atoms with Crippen molar-refractivity contribution in [1.29, 1.82) is 0 Å². The second-order valence-electron chi connectivity index (χ2n) is 3.65. The zero-order valence-electron chi connectivity index (χ0n) is 9.96. The van der Waals surface area contributed by atoms with Crippen LogP contribution in [0.25, 0.3) is 0 Å². The summed E-state index contributed by atoms with van der Waals surface area (Å²) in [4.78, 5) is 21.7. The quantitative estimate of drug-likeness (QED) is 0.347. The summed E-state index contributed by atoms with van der Waals surface area (Å²) in [6, 6.07) is 6.17. The van der Waals surface area contributed by atoms with Gasteiger partial charge in [-0.05, 0) is 13.0 Å². The van der Waals surface area contributed by atoms with Gasteiger partial charge >= 0.3 is 5.97 Å². The third kappa shape index (κ3) is 3.59. The maximum absolute atomic E-state index is 11.4. The maximum Gasteiger partial charge on any atom is 0.307 e. The number of carbonyl (C=O) groups is 1. The van der Waals surface area contributed by atoms with Gasteiger partial charge < -0.3 is 4.74 Å². The number of terminal acetylenes is 1. The number of rotatable bonds is 5. The Morgan fingerprint density at radius 3 is 2.83 bits per heavy atom. The number of nitro groups is 1. The topological polar surface area (TPSA) is 69.4 Å². The predicted octanol–water partition coefficient (Wildman–Crippen LogP) is 2.61. The number of carbonyl (C=O) groups excluding carboxylic acids is 1. The molecular formula is C13H13NO4. The molecule has 1 unspecified atom stereocenters. The van der Waals surface area contributed by atoms with Crippen molar-refractivity contribution in [1.82, 2.24) is 0 Å². The van der Waals surface area contributed by atoms with E-state index in [0.29, 0.717) is 12.0 Å². The minimum atomic E-state index is -0.670. The van der Waals surface area contributed by atoms with E-state index in [-0.39, 0.29) is 12.1 Å². The van der Waals surface area contributed by atoms with Gasteiger partial charge in [0.15, 0.2) is 0 Å². The van der Waals surface area contributed by atoms with E-state index in [1.165, 1.54) is 6.07 Å². The van der Waals surface area contributed by atoms with Crippen LogP contribution >= 0.6 is 0 Å². The smallest absolute Gasteiger partial charge is 0.307 e. The Morgan fingerprint density at radius 2 is 2.22 bits per heavy atom. The van der Waals surface area contributed by atoms with E-state index in [0.717, 1.165) is 0 Å². The van der Waals surface area contributed by atoms with Gasteiger partial charge in [-0.25, -0.2) is 0 Å². The minimum absolute atomic E-state index is 0.0604. The third-order valence-electron chi connectivity index (χ3n) is 2.35. The minimum Gasteiger partial charge on any atom is -0.457 e. The van der Waals surface area contributed by atoms with E-state index in [4.69, 9.17) is 11.2 Å². The van der Waals surface area contributed by atoms with Gasteiger partial charge in [0.25, 0.3) is 5.69 Å². The molecule has 0 bridgehead atoms. The number of hydrogen-bond donors (Lipinski definition) is 0. The maximum atomic E-state index is 11.4. The Labute approximate surface area is 105 Å². The highest BCUT2D eigenvalue weighted by molar-refractivity contribution is 5.70. The monoisotopic (exact) mass is 247 g/mol. The summed E-state index contributed by atoms with van der Waals surface area (Å²) < 4.78 is 5.09. The molecule has 0 radical (unpaired) electrons. The van der Waals surface area contributed by atoms with E-state index in [2.05, 4.69) is 5.92 Å². The molecule has 1 aromatic carbocycles. The summed E-state index contributed by atoms with van der Waals surface area (Å²) in [5.74, 6) is 1.87. The summed E-state index contributed by atoms with van der Waals surface area (Å²) in [5, 5.41) is 10.8. The molecule has 94 valence electrons. The van der Waals surface area contributed by atoms with E-state index in [1.54, 1.807) is 25.1 Å². The highest BCUT2D eigenvalue weighted by Crippen LogP contribution is 2.27. The van der Waals surface area contributed by atoms with Gasteiger partial charge in [0, 0.05) is 12.5 Å². The summed E-state index contributed by atoms with van der Waals surface area (Å²) in [6.45, 7) is 1.59. The molecule has 0 amide bonds. The predicted molar refractivity (Wildman–Crippen MR) is 65.7 cm³/mol. The largest absolute Gasteiger partial charge is 0.457 e. The number of benzene rings is 1. The van der Waals surface area contributed by atoms with Crippen LogP contribution in [0.15, 0.2) is 24.3 Å². The first-order valence-electron chi connectivity index (χ1n) is 5.42. The first kappa shape index (κ1) is 13.7. The molecule has 5 nitrogen and oxygen atoms in total. The second kappa shape index (κ2) is 6.40. The molecule has 1 aromatic rings. The molecule has 0 heterocycles. The fourth-order valence-corrected chi connectivity index (χ4v) is 1.49. The van der Waals surface area contributed by atoms with Gasteiger partial charge in [0.05, 0.1) is 16.9 Å². The first-order chi connectivity index (χ1) is 8.56. The van der Waals surface area contributed by atoms with Crippen LogP contribution in [-0.4, -0.2) is 10.9 Å². The summed E-state index contributed by atoms with van der Waals surface area (Å²) in [6.07, 6.45) is 4.77. The Kier molecular flexibility index (Phi) is 4.88. The zero-order valence-corrected chi connectivity index (χ0v) is 9.96. The van der Waals surface area contributed by atoms with Crippen molar-refractivity contribution in [2.45, 2.75) is 25.9 Å². The summed E-state index contributed by atoms with van der Waals surface area (Å²) in [7, 11) is 0. The van der Waals surface area contributed by atoms with Crippen molar-refractivity contribution in [2.24, 2.45) is 0 Å². The number of nitrogens with zero attached hydrogens (tertiary/aromatic N) is 1. The van der Waals surface area contributed by atoms with E-state index in [9.17, 15) is 14.9 Å². The van der Waals surface area contributed by atoms with E-state index >= 15 is 0 Å². The van der Waals surface area contributed by atoms with Crippen molar-refractivity contribution >= 4 is 11.7 Å². The van der Waals surface area contributed by atoms with Crippen molar-refractivity contribution in [3.05, 3.63) is 39.9 Å². The SMILES string of the molecule is C#CCCC(=O)OC(C)c1ccccc1[N+](=O)[O-]. The molecule has 1 rings (SSSR count). The highest BCUT2D eigenvalue weighted by Gasteiger charge is 2.20. The lowest BCUT2D eigenvalue weighted by Gasteiger charge is -2.13. The second-order valence-corrected chi connectivity index (χ2v) is 3.65. The number of ether oxygens (including phenoxy) is 1. The molecule has 0 aliphatic heterocycles. The molecule has 0 aliphatic carbocycles. The van der Waals surface area contributed by atoms with Crippen molar-refractivity contribution < 1.29 is 14.5 Å². The van der Waals surface area contributed by atoms with Gasteiger partial charge in [-0.1, -0.05) is 12.1 Å². The van der Waals surface area contributed by atoms with Gasteiger partial charge in [0.2, 0.25) is 0 Å². The van der Waals surface area contributed by atoms with Crippen LogP contribution in [0.4, 0.5) is 5.69 Å². The molecule has 0 N–H and O–H groups in total. The fraction of sp³-hybridized carbons (Fsp3) is 0.308. The van der Waals surface area contributed by atoms with Crippen LogP contribution in [0.1, 0.15) is 31.4 Å². The van der Waals surface area contributed by atoms with Gasteiger partial charge in [0.1, 0.15) is 6.10 Å². The molecule has 1 atom stereocenters. The van der Waals surface area contributed by atoms with Crippen molar-refractivity contribution in [2.75, 3.05) is 0 Å². The zero-order chi connectivity index (χ0) is 13.5. The molecule has 0 saturated heterocycles. The molecule has 5 heteroatoms. The number of para-hydroxylation sites is 1. The molecule has 0 saturated carbocycles. The normalized spacial score (nSPS) is 11.3. The highest BCUT2D eigenvalue weighted by atomic mass is 16.6. The average molecular weight is 247 g/mol. The number of esters is 1. The van der Waals surface area contributed by atoms with Crippen LogP contribution in [0, 0.1) is 22.5 Å². The standard InChI is InChI=1S/C13H13NO4/c1-3-4-9-13(15)18-10(2)11-7-5-6-8-12(11)14(16)17/h1,5-8,10H,4,9H2,2H3. The average Bonchev–Trinajstić information content (AvgIpc) is 2.36. The lowest BCUT2D eigenvalue weighted by molar-refractivity contribution is -0.386.